The highest BCUT2D eigenvalue weighted by Crippen LogP contribution is 2.65. The van der Waals surface area contributed by atoms with Gasteiger partial charge >= 0.3 is 13.7 Å². The van der Waals surface area contributed by atoms with Crippen LogP contribution in [0, 0.1) is 0 Å². The van der Waals surface area contributed by atoms with Crippen molar-refractivity contribution in [3.8, 4) is 5.75 Å². The van der Waals surface area contributed by atoms with Crippen molar-refractivity contribution in [1.82, 2.24) is 24.6 Å². The van der Waals surface area contributed by atoms with E-state index in [9.17, 15) is 19.6 Å². The number of aliphatic hydroxyl groups is 2. The van der Waals surface area contributed by atoms with Gasteiger partial charge in [0.25, 0.3) is 0 Å². The Kier molecular flexibility index (Phi) is 7.25. The van der Waals surface area contributed by atoms with E-state index < -0.39 is 55.5 Å². The van der Waals surface area contributed by atoms with Crippen LogP contribution in [0.3, 0.4) is 0 Å². The number of hydrogen-bond acceptors (Lipinski definition) is 13. The van der Waals surface area contributed by atoms with Gasteiger partial charge in [-0.25, -0.2) is 9.55 Å². The maximum Gasteiger partial charge on any atom is 0.459 e. The quantitative estimate of drug-likeness (QED) is 0.195. The van der Waals surface area contributed by atoms with Crippen LogP contribution in [-0.2, 0) is 23.4 Å². The number of imidazole rings is 1. The summed E-state index contributed by atoms with van der Waals surface area (Å²) in [6, 6.07) is 7.10. The first-order chi connectivity index (χ1) is 19.2. The number of carbonyl (C=O) groups excluding carboxylic acids is 1. The summed E-state index contributed by atoms with van der Waals surface area (Å²) in [5.41, 5.74) is 2.63. The zero-order valence-electron chi connectivity index (χ0n) is 23.5. The molecule has 7 atom stereocenters. The van der Waals surface area contributed by atoms with Gasteiger partial charge in [0.15, 0.2) is 28.8 Å². The summed E-state index contributed by atoms with van der Waals surface area (Å²) >= 11 is 0. The van der Waals surface area contributed by atoms with Crippen molar-refractivity contribution >= 4 is 36.6 Å². The standard InChI is InChI=1S/C25H34N7O8P/c1-13(2)37-21(33)14(3)30-41(36,39-15-10-8-7-9-11-15)40-18-17-25(18,35)24(4,34)22(38-17)32-12-27-16-19(31(5)6)28-23(26)29-20(16)32/h7-14,17-18,22,34-35H,1-6H3,(H,30,36)(H2,26,28,29)/t14-,17-,18?,22-,24+,25+,41-/m1/s1. The fourth-order valence-electron chi connectivity index (χ4n) is 4.88. The van der Waals surface area contributed by atoms with E-state index in [0.29, 0.717) is 11.3 Å². The number of para-hydroxylation sites is 1. The summed E-state index contributed by atoms with van der Waals surface area (Å²) in [6.45, 7) is 6.18. The number of hydrogen-bond donors (Lipinski definition) is 4. The molecule has 1 aliphatic carbocycles. The lowest BCUT2D eigenvalue weighted by Gasteiger charge is -2.33. The number of rotatable bonds is 10. The molecule has 1 saturated heterocycles. The zero-order chi connectivity index (χ0) is 29.9. The predicted molar refractivity (Wildman–Crippen MR) is 147 cm³/mol. The van der Waals surface area contributed by atoms with Crippen LogP contribution < -0.4 is 20.2 Å². The van der Waals surface area contributed by atoms with Crippen LogP contribution in [0.1, 0.15) is 33.9 Å². The number of nitrogens with zero attached hydrogens (tertiary/aromatic N) is 5. The Morgan fingerprint density at radius 3 is 2.49 bits per heavy atom. The van der Waals surface area contributed by atoms with Gasteiger partial charge in [0.05, 0.1) is 12.4 Å². The number of benzene rings is 1. The van der Waals surface area contributed by atoms with Crippen LogP contribution >= 0.6 is 7.75 Å². The number of anilines is 2. The van der Waals surface area contributed by atoms with Crippen LogP contribution in [0.25, 0.3) is 11.2 Å². The molecule has 3 heterocycles. The molecule has 1 aromatic carbocycles. The van der Waals surface area contributed by atoms with Gasteiger partial charge in [0, 0.05) is 14.1 Å². The Morgan fingerprint density at radius 2 is 1.90 bits per heavy atom. The maximum atomic E-state index is 14.0. The van der Waals surface area contributed by atoms with Gasteiger partial charge in [-0.05, 0) is 39.8 Å². The topological polar surface area (TPSA) is 196 Å². The monoisotopic (exact) mass is 591 g/mol. The fraction of sp³-hybridized carbons (Fsp3) is 0.520. The van der Waals surface area contributed by atoms with Gasteiger partial charge in [-0.2, -0.15) is 15.1 Å². The van der Waals surface area contributed by atoms with Crippen molar-refractivity contribution in [2.75, 3.05) is 24.7 Å². The number of aromatic nitrogens is 4. The van der Waals surface area contributed by atoms with Gasteiger partial charge in [-0.1, -0.05) is 18.2 Å². The normalized spacial score (nSPS) is 29.1. The van der Waals surface area contributed by atoms with Crippen molar-refractivity contribution in [2.45, 2.75) is 69.5 Å². The second-order valence-electron chi connectivity index (χ2n) is 10.8. The third-order valence-corrected chi connectivity index (χ3v) is 8.63. The molecular weight excluding hydrogens is 557 g/mol. The Bertz CT molecular complexity index is 1500. The highest BCUT2D eigenvalue weighted by atomic mass is 31.2. The summed E-state index contributed by atoms with van der Waals surface area (Å²) in [5.74, 6) is -0.0381. The zero-order valence-corrected chi connectivity index (χ0v) is 24.3. The summed E-state index contributed by atoms with van der Waals surface area (Å²) in [6.07, 6.45) is -2.55. The lowest BCUT2D eigenvalue weighted by Crippen LogP contribution is -2.49. The van der Waals surface area contributed by atoms with E-state index in [1.165, 1.54) is 24.7 Å². The number of esters is 1. The molecule has 15 nitrogen and oxygen atoms in total. The Hall–Kier alpha value is -3.33. The molecule has 2 fully saturated rings. The molecule has 1 unspecified atom stereocenters. The van der Waals surface area contributed by atoms with E-state index in [-0.39, 0.29) is 17.3 Å². The molecule has 0 spiro atoms. The van der Waals surface area contributed by atoms with Gasteiger partial charge in [0.2, 0.25) is 5.95 Å². The molecule has 3 aromatic rings. The number of nitrogen functional groups attached to an aromatic ring is 1. The van der Waals surface area contributed by atoms with Crippen molar-refractivity contribution in [3.63, 3.8) is 0 Å². The first-order valence-corrected chi connectivity index (χ1v) is 14.5. The number of carbonyl (C=O) groups is 1. The first-order valence-electron chi connectivity index (χ1n) is 13.0. The molecule has 1 aliphatic heterocycles. The van der Waals surface area contributed by atoms with Crippen molar-refractivity contribution in [3.05, 3.63) is 36.7 Å². The molecule has 0 radical (unpaired) electrons. The molecule has 0 amide bonds. The van der Waals surface area contributed by atoms with Crippen LogP contribution in [0.2, 0.25) is 0 Å². The fourth-order valence-corrected chi connectivity index (χ4v) is 6.59. The smallest absolute Gasteiger partial charge is 0.459 e. The van der Waals surface area contributed by atoms with Crippen LogP contribution in [0.4, 0.5) is 11.8 Å². The van der Waals surface area contributed by atoms with Crippen molar-refractivity contribution in [2.24, 2.45) is 0 Å². The highest BCUT2D eigenvalue weighted by Gasteiger charge is 2.84. The molecule has 2 aliphatic rings. The Morgan fingerprint density at radius 1 is 1.22 bits per heavy atom. The third-order valence-electron chi connectivity index (χ3n) is 6.98. The molecular formula is C25H34N7O8P. The minimum absolute atomic E-state index is 0.0131. The van der Waals surface area contributed by atoms with E-state index in [4.69, 9.17) is 24.3 Å². The first kappa shape index (κ1) is 29.2. The second kappa shape index (κ2) is 10.2. The minimum Gasteiger partial charge on any atom is -0.462 e. The van der Waals surface area contributed by atoms with E-state index in [0.717, 1.165) is 0 Å². The SMILES string of the molecule is CC(C)OC(=O)[C@@H](C)N[P@@](=O)(Oc1ccccc1)OC1[C@H]2O[C@@H](n3cnc4c(N(C)C)nc(N)nc43)[C@](C)(O)[C@@]12O. The lowest BCUT2D eigenvalue weighted by atomic mass is 9.95. The van der Waals surface area contributed by atoms with Crippen LogP contribution in [0.15, 0.2) is 36.7 Å². The second-order valence-corrected chi connectivity index (χ2v) is 12.4. The summed E-state index contributed by atoms with van der Waals surface area (Å²) in [7, 11) is -0.801. The molecule has 1 saturated carbocycles. The largest absolute Gasteiger partial charge is 0.462 e. The Labute approximate surface area is 236 Å². The number of ether oxygens (including phenoxy) is 2. The summed E-state index contributed by atoms with van der Waals surface area (Å²) in [4.78, 5) is 27.0. The molecule has 16 heteroatoms. The highest BCUT2D eigenvalue weighted by molar-refractivity contribution is 7.52. The van der Waals surface area contributed by atoms with Crippen LogP contribution in [-0.4, -0.2) is 85.4 Å². The van der Waals surface area contributed by atoms with Gasteiger partial charge in [0.1, 0.15) is 29.6 Å². The van der Waals surface area contributed by atoms with E-state index in [2.05, 4.69) is 20.0 Å². The van der Waals surface area contributed by atoms with Gasteiger partial charge in [-0.15, -0.1) is 0 Å². The van der Waals surface area contributed by atoms with Crippen molar-refractivity contribution in [1.29, 1.82) is 0 Å². The lowest BCUT2D eigenvalue weighted by molar-refractivity contribution is -0.155. The molecule has 5 rings (SSSR count). The van der Waals surface area contributed by atoms with E-state index >= 15 is 0 Å². The molecule has 5 N–H and O–H groups in total. The number of nitrogens with two attached hydrogens (primary N) is 1. The number of nitrogens with one attached hydrogen (secondary N) is 1. The van der Waals surface area contributed by atoms with E-state index in [1.807, 2.05) is 0 Å². The Balaban J connectivity index is 1.41. The van der Waals surface area contributed by atoms with Crippen LogP contribution in [0.5, 0.6) is 5.75 Å². The average molecular weight is 592 g/mol. The maximum absolute atomic E-state index is 14.0. The molecule has 0 bridgehead atoms. The van der Waals surface area contributed by atoms with E-state index in [1.54, 1.807) is 63.2 Å². The summed E-state index contributed by atoms with van der Waals surface area (Å²) < 4.78 is 38.2. The molecule has 41 heavy (non-hydrogen) atoms. The third kappa shape index (κ3) is 5.02. The van der Waals surface area contributed by atoms with Gasteiger partial charge < -0.3 is 34.8 Å². The van der Waals surface area contributed by atoms with Crippen molar-refractivity contribution < 1.29 is 38.1 Å². The summed E-state index contributed by atoms with van der Waals surface area (Å²) in [5, 5.41) is 25.8. The minimum atomic E-state index is -4.35. The molecule has 2 aromatic heterocycles. The van der Waals surface area contributed by atoms with Gasteiger partial charge in [-0.3, -0.25) is 13.9 Å². The average Bonchev–Trinajstić information content (AvgIpc) is 3.14. The predicted octanol–water partition coefficient (Wildman–Crippen LogP) is 1.37. The molecule has 222 valence electrons. The number of fused-ring (bicyclic) bond motifs is 2.